The summed E-state index contributed by atoms with van der Waals surface area (Å²) in [5.41, 5.74) is 8.78. The van der Waals surface area contributed by atoms with Crippen LogP contribution >= 0.6 is 0 Å². The molecular weight excluding hydrogens is 326 g/mol. The van der Waals surface area contributed by atoms with Crippen LogP contribution in [-0.2, 0) is 6.42 Å². The summed E-state index contributed by atoms with van der Waals surface area (Å²) in [5.74, 6) is 1.32. The van der Waals surface area contributed by atoms with Crippen molar-refractivity contribution in [3.63, 3.8) is 0 Å². The molecule has 0 aliphatic rings. The maximum absolute atomic E-state index is 12.4. The quantitative estimate of drug-likeness (QED) is 0.708. The number of nitrogens with zero attached hydrogens (tertiary/aromatic N) is 1. The molecule has 3 aromatic rings. The van der Waals surface area contributed by atoms with Crippen LogP contribution in [0.5, 0.6) is 11.5 Å². The van der Waals surface area contributed by atoms with E-state index in [0.717, 1.165) is 17.9 Å². The molecule has 1 aromatic heterocycles. The van der Waals surface area contributed by atoms with Crippen molar-refractivity contribution in [3.05, 3.63) is 77.5 Å². The minimum Gasteiger partial charge on any atom is -0.457 e. The van der Waals surface area contributed by atoms with Gasteiger partial charge >= 0.3 is 0 Å². The van der Waals surface area contributed by atoms with Gasteiger partial charge in [-0.2, -0.15) is 0 Å². The number of anilines is 2. The maximum Gasteiger partial charge on any atom is 0.259 e. The fourth-order valence-corrected chi connectivity index (χ4v) is 2.57. The van der Waals surface area contributed by atoms with Gasteiger partial charge in [-0.1, -0.05) is 25.1 Å². The van der Waals surface area contributed by atoms with E-state index in [9.17, 15) is 4.79 Å². The number of aromatic nitrogens is 1. The minimum absolute atomic E-state index is 0.214. The molecular formula is C21H21N3O2. The van der Waals surface area contributed by atoms with E-state index in [4.69, 9.17) is 10.5 Å². The molecule has 2 aromatic carbocycles. The number of hydrogen-bond donors (Lipinski definition) is 2. The predicted molar refractivity (Wildman–Crippen MR) is 104 cm³/mol. The van der Waals surface area contributed by atoms with Gasteiger partial charge in [-0.15, -0.1) is 0 Å². The first-order valence-electron chi connectivity index (χ1n) is 8.46. The van der Waals surface area contributed by atoms with Crippen molar-refractivity contribution in [2.75, 3.05) is 11.1 Å². The van der Waals surface area contributed by atoms with E-state index in [1.807, 2.05) is 37.3 Å². The lowest BCUT2D eigenvalue weighted by molar-refractivity contribution is 0.102. The molecule has 0 bridgehead atoms. The number of rotatable bonds is 5. The lowest BCUT2D eigenvalue weighted by Gasteiger charge is -2.10. The average molecular weight is 347 g/mol. The second-order valence-corrected chi connectivity index (χ2v) is 5.97. The highest BCUT2D eigenvalue weighted by Gasteiger charge is 2.11. The molecule has 132 valence electrons. The molecule has 0 aliphatic carbocycles. The Morgan fingerprint density at radius 1 is 1.08 bits per heavy atom. The van der Waals surface area contributed by atoms with Crippen molar-refractivity contribution in [2.24, 2.45) is 0 Å². The molecule has 1 heterocycles. The third kappa shape index (κ3) is 4.19. The van der Waals surface area contributed by atoms with Crippen molar-refractivity contribution in [1.82, 2.24) is 4.98 Å². The number of hydrogen-bond acceptors (Lipinski definition) is 4. The van der Waals surface area contributed by atoms with Crippen LogP contribution in [0.2, 0.25) is 0 Å². The van der Waals surface area contributed by atoms with Gasteiger partial charge in [-0.05, 0) is 55.3 Å². The van der Waals surface area contributed by atoms with Crippen molar-refractivity contribution in [1.29, 1.82) is 0 Å². The second-order valence-electron chi connectivity index (χ2n) is 5.97. The summed E-state index contributed by atoms with van der Waals surface area (Å²) >= 11 is 0. The summed E-state index contributed by atoms with van der Waals surface area (Å²) in [6.07, 6.45) is 0.944. The van der Waals surface area contributed by atoms with E-state index >= 15 is 0 Å². The van der Waals surface area contributed by atoms with E-state index in [0.29, 0.717) is 17.0 Å². The van der Waals surface area contributed by atoms with Crippen LogP contribution in [0.3, 0.4) is 0 Å². The SMILES string of the molecule is CCc1cccc(Oc2cccc(NC(=O)c3ccc(C)nc3N)c2)c1. The molecule has 0 saturated carbocycles. The highest BCUT2D eigenvalue weighted by atomic mass is 16.5. The summed E-state index contributed by atoms with van der Waals surface area (Å²) in [6.45, 7) is 3.92. The standard InChI is InChI=1S/C21H21N3O2/c1-3-15-6-4-8-17(12-15)26-18-9-5-7-16(13-18)24-21(25)19-11-10-14(2)23-20(19)22/h4-13H,3H2,1-2H3,(H2,22,23)(H,24,25). The number of aryl methyl sites for hydroxylation is 2. The molecule has 5 nitrogen and oxygen atoms in total. The number of nitrogen functional groups attached to an aromatic ring is 1. The second kappa shape index (κ2) is 7.70. The van der Waals surface area contributed by atoms with Crippen LogP contribution < -0.4 is 15.8 Å². The fraction of sp³-hybridized carbons (Fsp3) is 0.143. The van der Waals surface area contributed by atoms with Gasteiger partial charge in [0.15, 0.2) is 0 Å². The average Bonchev–Trinajstić information content (AvgIpc) is 2.62. The molecule has 0 atom stereocenters. The predicted octanol–water partition coefficient (Wildman–Crippen LogP) is 4.58. The van der Waals surface area contributed by atoms with Crippen molar-refractivity contribution < 1.29 is 9.53 Å². The molecule has 0 unspecified atom stereocenters. The number of nitrogens with two attached hydrogens (primary N) is 1. The first-order chi connectivity index (χ1) is 12.5. The number of amides is 1. The molecule has 0 aliphatic heterocycles. The van der Waals surface area contributed by atoms with Crippen LogP contribution in [0.1, 0.15) is 28.5 Å². The number of pyridine rings is 1. The van der Waals surface area contributed by atoms with Gasteiger partial charge in [0.05, 0.1) is 5.56 Å². The number of nitrogens with one attached hydrogen (secondary N) is 1. The van der Waals surface area contributed by atoms with Crippen LogP contribution in [0.15, 0.2) is 60.7 Å². The summed E-state index contributed by atoms with van der Waals surface area (Å²) in [6, 6.07) is 18.6. The van der Waals surface area contributed by atoms with E-state index in [1.54, 1.807) is 24.3 Å². The topological polar surface area (TPSA) is 77.2 Å². The summed E-state index contributed by atoms with van der Waals surface area (Å²) in [4.78, 5) is 16.5. The van der Waals surface area contributed by atoms with Gasteiger partial charge in [0.2, 0.25) is 0 Å². The zero-order valence-corrected chi connectivity index (χ0v) is 14.8. The Hall–Kier alpha value is -3.34. The highest BCUT2D eigenvalue weighted by Crippen LogP contribution is 2.25. The van der Waals surface area contributed by atoms with Crippen LogP contribution in [0.25, 0.3) is 0 Å². The summed E-state index contributed by atoms with van der Waals surface area (Å²) in [5, 5.41) is 2.83. The third-order valence-electron chi connectivity index (χ3n) is 3.94. The molecule has 0 saturated heterocycles. The van der Waals surface area contributed by atoms with Gasteiger partial charge < -0.3 is 15.8 Å². The Labute approximate surface area is 152 Å². The third-order valence-corrected chi connectivity index (χ3v) is 3.94. The van der Waals surface area contributed by atoms with E-state index < -0.39 is 0 Å². The Balaban J connectivity index is 1.75. The lowest BCUT2D eigenvalue weighted by atomic mass is 10.2. The zero-order valence-electron chi connectivity index (χ0n) is 14.8. The van der Waals surface area contributed by atoms with Gasteiger partial charge in [0.25, 0.3) is 5.91 Å². The monoisotopic (exact) mass is 347 g/mol. The number of carbonyl (C=O) groups excluding carboxylic acids is 1. The highest BCUT2D eigenvalue weighted by molar-refractivity contribution is 6.07. The lowest BCUT2D eigenvalue weighted by Crippen LogP contribution is -2.15. The molecule has 5 heteroatoms. The minimum atomic E-state index is -0.305. The van der Waals surface area contributed by atoms with Gasteiger partial charge in [0, 0.05) is 17.4 Å². The summed E-state index contributed by atoms with van der Waals surface area (Å²) in [7, 11) is 0. The van der Waals surface area contributed by atoms with Crippen molar-refractivity contribution in [2.45, 2.75) is 20.3 Å². The molecule has 3 N–H and O–H groups in total. The largest absolute Gasteiger partial charge is 0.457 e. The fourth-order valence-electron chi connectivity index (χ4n) is 2.57. The molecule has 26 heavy (non-hydrogen) atoms. The molecule has 1 amide bonds. The van der Waals surface area contributed by atoms with E-state index in [-0.39, 0.29) is 11.7 Å². The number of carbonyl (C=O) groups is 1. The molecule has 3 rings (SSSR count). The molecule has 0 fully saturated rings. The Morgan fingerprint density at radius 3 is 2.54 bits per heavy atom. The Kier molecular flexibility index (Phi) is 5.17. The van der Waals surface area contributed by atoms with Gasteiger partial charge in [0.1, 0.15) is 17.3 Å². The van der Waals surface area contributed by atoms with E-state index in [1.165, 1.54) is 5.56 Å². The molecule has 0 spiro atoms. The van der Waals surface area contributed by atoms with Gasteiger partial charge in [-0.25, -0.2) is 4.98 Å². The number of benzene rings is 2. The Bertz CT molecular complexity index is 938. The van der Waals surface area contributed by atoms with Crippen molar-refractivity contribution in [3.8, 4) is 11.5 Å². The number of ether oxygens (including phenoxy) is 1. The zero-order chi connectivity index (χ0) is 18.5. The van der Waals surface area contributed by atoms with Crippen LogP contribution in [0, 0.1) is 6.92 Å². The van der Waals surface area contributed by atoms with Crippen LogP contribution in [0.4, 0.5) is 11.5 Å². The van der Waals surface area contributed by atoms with Crippen LogP contribution in [-0.4, -0.2) is 10.9 Å². The smallest absolute Gasteiger partial charge is 0.259 e. The normalized spacial score (nSPS) is 10.4. The summed E-state index contributed by atoms with van der Waals surface area (Å²) < 4.78 is 5.90. The first-order valence-corrected chi connectivity index (χ1v) is 8.46. The van der Waals surface area contributed by atoms with Gasteiger partial charge in [-0.3, -0.25) is 4.79 Å². The first kappa shape index (κ1) is 17.5. The molecule has 0 radical (unpaired) electrons. The Morgan fingerprint density at radius 2 is 1.81 bits per heavy atom. The van der Waals surface area contributed by atoms with E-state index in [2.05, 4.69) is 23.3 Å². The van der Waals surface area contributed by atoms with Crippen molar-refractivity contribution >= 4 is 17.4 Å². The maximum atomic E-state index is 12.4.